The third-order valence-electron chi connectivity index (χ3n) is 7.39. The Labute approximate surface area is 269 Å². The molecule has 1 aliphatic rings. The van der Waals surface area contributed by atoms with E-state index in [-0.39, 0.29) is 33.6 Å². The largest absolute Gasteiger partial charge is 0.379 e. The van der Waals surface area contributed by atoms with Crippen LogP contribution in [0.5, 0.6) is 0 Å². The number of nitrogens with zero attached hydrogens (tertiary/aromatic N) is 3. The molecule has 4 amide bonds. The van der Waals surface area contributed by atoms with E-state index in [0.717, 1.165) is 25.7 Å². The number of amides is 4. The van der Waals surface area contributed by atoms with Crippen LogP contribution in [0.15, 0.2) is 67.0 Å². The molecule has 0 spiro atoms. The van der Waals surface area contributed by atoms with Crippen LogP contribution in [0.2, 0.25) is 5.02 Å². The maximum Gasteiger partial charge on any atom is 0.272 e. The summed E-state index contributed by atoms with van der Waals surface area (Å²) in [6.07, 6.45) is 3.11. The Morgan fingerprint density at radius 1 is 0.761 bits per heavy atom. The zero-order chi connectivity index (χ0) is 32.8. The third-order valence-corrected chi connectivity index (χ3v) is 7.62. The topological polar surface area (TPSA) is 139 Å². The molecular weight excluding hydrogens is 617 g/mol. The van der Waals surface area contributed by atoms with Gasteiger partial charge in [0.2, 0.25) is 0 Å². The van der Waals surface area contributed by atoms with Gasteiger partial charge in [-0.3, -0.25) is 24.1 Å². The van der Waals surface area contributed by atoms with Crippen molar-refractivity contribution < 1.29 is 28.3 Å². The zero-order valence-corrected chi connectivity index (χ0v) is 26.0. The average Bonchev–Trinajstić information content (AvgIpc) is 3.58. The fourth-order valence-electron chi connectivity index (χ4n) is 4.94. The number of halogens is 2. The van der Waals surface area contributed by atoms with Gasteiger partial charge in [0, 0.05) is 68.9 Å². The molecular formula is C32H33ClFN7O5. The number of rotatable bonds is 10. The van der Waals surface area contributed by atoms with E-state index in [1.165, 1.54) is 35.0 Å². The van der Waals surface area contributed by atoms with Gasteiger partial charge in [-0.1, -0.05) is 11.6 Å². The van der Waals surface area contributed by atoms with Gasteiger partial charge in [-0.15, -0.1) is 0 Å². The van der Waals surface area contributed by atoms with Gasteiger partial charge in [0.25, 0.3) is 23.6 Å². The van der Waals surface area contributed by atoms with E-state index in [4.69, 9.17) is 16.3 Å². The monoisotopic (exact) mass is 649 g/mol. The number of carbonyl (C=O) groups excluding carboxylic acids is 4. The summed E-state index contributed by atoms with van der Waals surface area (Å²) in [7, 11) is 3.29. The molecule has 4 N–H and O–H groups in total. The molecule has 0 unspecified atom stereocenters. The van der Waals surface area contributed by atoms with Crippen LogP contribution in [-0.4, -0.2) is 77.1 Å². The predicted molar refractivity (Wildman–Crippen MR) is 172 cm³/mol. The summed E-state index contributed by atoms with van der Waals surface area (Å²) in [5, 5.41) is 11.2. The number of ether oxygens (including phenoxy) is 1. The molecule has 0 atom stereocenters. The number of nitrogens with one attached hydrogen (secondary N) is 4. The first-order valence-corrected chi connectivity index (χ1v) is 14.9. The van der Waals surface area contributed by atoms with E-state index in [9.17, 15) is 23.6 Å². The lowest BCUT2D eigenvalue weighted by Crippen LogP contribution is -2.41. The average molecular weight is 650 g/mol. The highest BCUT2D eigenvalue weighted by Gasteiger charge is 2.19. The van der Waals surface area contributed by atoms with Gasteiger partial charge in [-0.2, -0.15) is 0 Å². The lowest BCUT2D eigenvalue weighted by atomic mass is 10.2. The second-order valence-corrected chi connectivity index (χ2v) is 11.2. The Bertz CT molecular complexity index is 1760. The highest BCUT2D eigenvalue weighted by atomic mass is 35.5. The SMILES string of the molecule is Cn1cc(NC(=O)c2ccc(Cl)cc2F)cc1C(=O)Nc1cc(C(=O)Nc2ccc(C(=O)NCCN3CCOCC3)cc2)n(C)c1. The number of aromatic nitrogens is 2. The number of hydrogen-bond donors (Lipinski definition) is 4. The summed E-state index contributed by atoms with van der Waals surface area (Å²) in [4.78, 5) is 53.3. The van der Waals surface area contributed by atoms with Crippen molar-refractivity contribution >= 4 is 52.3 Å². The van der Waals surface area contributed by atoms with Gasteiger partial charge >= 0.3 is 0 Å². The van der Waals surface area contributed by atoms with E-state index in [1.54, 1.807) is 49.1 Å². The van der Waals surface area contributed by atoms with Gasteiger partial charge in [-0.25, -0.2) is 4.39 Å². The van der Waals surface area contributed by atoms with Crippen molar-refractivity contribution in [1.29, 1.82) is 0 Å². The molecule has 1 fully saturated rings. The zero-order valence-electron chi connectivity index (χ0n) is 25.2. The van der Waals surface area contributed by atoms with Crippen molar-refractivity contribution in [2.75, 3.05) is 55.3 Å². The first-order valence-electron chi connectivity index (χ1n) is 14.5. The summed E-state index contributed by atoms with van der Waals surface area (Å²) in [5.74, 6) is -2.56. The molecule has 14 heteroatoms. The summed E-state index contributed by atoms with van der Waals surface area (Å²) in [5.41, 5.74) is 1.94. The van der Waals surface area contributed by atoms with Crippen molar-refractivity contribution in [2.24, 2.45) is 14.1 Å². The molecule has 12 nitrogen and oxygen atoms in total. The molecule has 0 bridgehead atoms. The van der Waals surface area contributed by atoms with Crippen molar-refractivity contribution in [1.82, 2.24) is 19.4 Å². The number of benzene rings is 2. The van der Waals surface area contributed by atoms with Crippen molar-refractivity contribution in [3.63, 3.8) is 0 Å². The lowest BCUT2D eigenvalue weighted by Gasteiger charge is -2.26. The van der Waals surface area contributed by atoms with Crippen molar-refractivity contribution in [3.8, 4) is 0 Å². The summed E-state index contributed by atoms with van der Waals surface area (Å²) >= 11 is 5.76. The quantitative estimate of drug-likeness (QED) is 0.205. The highest BCUT2D eigenvalue weighted by Crippen LogP contribution is 2.21. The second kappa shape index (κ2) is 14.4. The maximum absolute atomic E-state index is 14.1. The van der Waals surface area contributed by atoms with Crippen LogP contribution in [0.25, 0.3) is 0 Å². The van der Waals surface area contributed by atoms with Crippen LogP contribution in [0.1, 0.15) is 41.7 Å². The van der Waals surface area contributed by atoms with Crippen LogP contribution >= 0.6 is 11.6 Å². The van der Waals surface area contributed by atoms with E-state index in [2.05, 4.69) is 26.2 Å². The highest BCUT2D eigenvalue weighted by molar-refractivity contribution is 6.30. The van der Waals surface area contributed by atoms with E-state index < -0.39 is 23.5 Å². The minimum atomic E-state index is -0.766. The number of carbonyl (C=O) groups is 4. The number of aryl methyl sites for hydroxylation is 2. The van der Waals surface area contributed by atoms with E-state index in [0.29, 0.717) is 36.7 Å². The Morgan fingerprint density at radius 3 is 1.91 bits per heavy atom. The summed E-state index contributed by atoms with van der Waals surface area (Å²) < 4.78 is 22.6. The van der Waals surface area contributed by atoms with Crippen LogP contribution in [0.4, 0.5) is 21.5 Å². The Hall–Kier alpha value is -4.98. The molecule has 2 aromatic carbocycles. The molecule has 3 heterocycles. The van der Waals surface area contributed by atoms with Crippen LogP contribution in [0.3, 0.4) is 0 Å². The van der Waals surface area contributed by atoms with E-state index >= 15 is 0 Å². The first kappa shape index (κ1) is 32.4. The van der Waals surface area contributed by atoms with Crippen molar-refractivity contribution in [2.45, 2.75) is 0 Å². The van der Waals surface area contributed by atoms with Crippen LogP contribution in [-0.2, 0) is 18.8 Å². The fourth-order valence-corrected chi connectivity index (χ4v) is 5.10. The van der Waals surface area contributed by atoms with E-state index in [1.807, 2.05) is 0 Å². The molecule has 0 aliphatic carbocycles. The normalized spacial score (nSPS) is 13.2. The molecule has 4 aromatic rings. The van der Waals surface area contributed by atoms with Crippen LogP contribution < -0.4 is 21.3 Å². The molecule has 1 aliphatic heterocycles. The Morgan fingerprint density at radius 2 is 1.33 bits per heavy atom. The Kier molecular flexibility index (Phi) is 10.2. The lowest BCUT2D eigenvalue weighted by molar-refractivity contribution is 0.0383. The minimum Gasteiger partial charge on any atom is -0.379 e. The standard InChI is InChI=1S/C32H33ClFN7O5/c1-39-18-23(37-30(43)25-8-5-21(33)15-26(25)34)16-28(39)32(45)38-24-17-27(40(2)19-24)31(44)36-22-6-3-20(4-7-22)29(42)35-9-10-41-11-13-46-14-12-41/h3-8,15-19H,9-14H2,1-2H3,(H,35,42)(H,36,44)(H,37,43)(H,38,45). The van der Waals surface area contributed by atoms with Gasteiger partial charge in [-0.05, 0) is 54.6 Å². The summed E-state index contributed by atoms with van der Waals surface area (Å²) in [6.45, 7) is 4.38. The van der Waals surface area contributed by atoms with Gasteiger partial charge in [0.1, 0.15) is 17.2 Å². The smallest absolute Gasteiger partial charge is 0.272 e. The fraction of sp³-hybridized carbons (Fsp3) is 0.250. The Balaban J connectivity index is 1.15. The number of hydrogen-bond acceptors (Lipinski definition) is 6. The molecule has 2 aromatic heterocycles. The second-order valence-electron chi connectivity index (χ2n) is 10.7. The van der Waals surface area contributed by atoms with Crippen molar-refractivity contribution in [3.05, 3.63) is 100 Å². The van der Waals surface area contributed by atoms with Gasteiger partial charge in [0.15, 0.2) is 0 Å². The molecule has 46 heavy (non-hydrogen) atoms. The predicted octanol–water partition coefficient (Wildman–Crippen LogP) is 3.98. The number of morpholine rings is 1. The molecule has 1 saturated heterocycles. The molecule has 0 radical (unpaired) electrons. The van der Waals surface area contributed by atoms with Gasteiger partial charge in [0.05, 0.1) is 30.2 Å². The van der Waals surface area contributed by atoms with Gasteiger partial charge < -0.3 is 35.1 Å². The first-order chi connectivity index (χ1) is 22.1. The minimum absolute atomic E-state index is 0.167. The number of anilines is 3. The molecule has 5 rings (SSSR count). The van der Waals surface area contributed by atoms with Crippen LogP contribution in [0, 0.1) is 5.82 Å². The molecule has 0 saturated carbocycles. The summed E-state index contributed by atoms with van der Waals surface area (Å²) in [6, 6.07) is 13.3. The third kappa shape index (κ3) is 7.99. The molecule has 240 valence electrons. The maximum atomic E-state index is 14.1.